The normalized spacial score (nSPS) is 33.7. The maximum absolute atomic E-state index is 15.1. The van der Waals surface area contributed by atoms with E-state index in [-0.39, 0.29) is 52.0 Å². The summed E-state index contributed by atoms with van der Waals surface area (Å²) < 4.78 is 28.7. The van der Waals surface area contributed by atoms with Gasteiger partial charge >= 0.3 is 5.97 Å². The molecule has 3 aromatic heterocycles. The van der Waals surface area contributed by atoms with Gasteiger partial charge in [0.15, 0.2) is 11.0 Å². The number of fused-ring (bicyclic) bond motifs is 7. The van der Waals surface area contributed by atoms with Crippen LogP contribution in [-0.2, 0) is 20.8 Å². The minimum atomic E-state index is -1.19. The first-order valence-electron chi connectivity index (χ1n) is 21.9. The molecule has 12 rings (SSSR count). The number of benzene rings is 1. The fourth-order valence-corrected chi connectivity index (χ4v) is 13.8. The Kier molecular flexibility index (Phi) is 9.82. The monoisotopic (exact) mass is 891 g/mol. The van der Waals surface area contributed by atoms with Crippen LogP contribution in [0.2, 0.25) is 0 Å². The molecule has 0 radical (unpaired) electrons. The van der Waals surface area contributed by atoms with E-state index in [4.69, 9.17) is 30.1 Å². The Morgan fingerprint density at radius 3 is 2.83 bits per heavy atom. The summed E-state index contributed by atoms with van der Waals surface area (Å²) in [4.78, 5) is 31.8. The summed E-state index contributed by atoms with van der Waals surface area (Å²) in [5, 5.41) is 24.0. The van der Waals surface area contributed by atoms with Crippen LogP contribution in [0.3, 0.4) is 0 Å². The molecule has 330 valence electrons. The third-order valence-corrected chi connectivity index (χ3v) is 16.7. The molecule has 10 atom stereocenters. The Morgan fingerprint density at radius 1 is 1.11 bits per heavy atom. The number of rotatable bonds is 4. The van der Waals surface area contributed by atoms with E-state index < -0.39 is 35.3 Å². The van der Waals surface area contributed by atoms with E-state index in [0.29, 0.717) is 79.0 Å². The van der Waals surface area contributed by atoms with E-state index in [9.17, 15) is 9.90 Å². The molecule has 0 amide bonds. The number of nitrogens with zero attached hydrogens (tertiary/aromatic N) is 1. The van der Waals surface area contributed by atoms with Gasteiger partial charge in [0.1, 0.15) is 45.8 Å². The van der Waals surface area contributed by atoms with Crippen molar-refractivity contribution in [2.24, 2.45) is 29.2 Å². The van der Waals surface area contributed by atoms with Gasteiger partial charge in [-0.1, -0.05) is 45.9 Å². The first kappa shape index (κ1) is 40.6. The van der Waals surface area contributed by atoms with Crippen LogP contribution in [0.25, 0.3) is 21.9 Å². The number of hydrogen-bond acceptors (Lipinski definition) is 14. The first-order valence-corrected chi connectivity index (χ1v) is 24.4. The van der Waals surface area contributed by atoms with E-state index in [1.165, 1.54) is 6.07 Å². The van der Waals surface area contributed by atoms with E-state index in [1.807, 2.05) is 26.2 Å². The Bertz CT molecular complexity index is 2740. The van der Waals surface area contributed by atoms with Crippen LogP contribution in [0, 0.1) is 24.7 Å². The second-order valence-electron chi connectivity index (χ2n) is 18.4. The lowest BCUT2D eigenvalue weighted by molar-refractivity contribution is -0.174. The summed E-state index contributed by atoms with van der Waals surface area (Å²) in [5.41, 5.74) is 16.0. The number of aryl methyl sites for hydroxylation is 1. The predicted octanol–water partition coefficient (Wildman–Crippen LogP) is 5.45. The molecule has 14 nitrogen and oxygen atoms in total. The number of phenolic OH excluding ortho intramolecular Hbond substituents is 1. The summed E-state index contributed by atoms with van der Waals surface area (Å²) in [6.45, 7) is 5.06. The van der Waals surface area contributed by atoms with Gasteiger partial charge in [-0.05, 0) is 81.8 Å². The quantitative estimate of drug-likeness (QED) is 0.0589. The van der Waals surface area contributed by atoms with E-state index in [0.717, 1.165) is 27.6 Å². The summed E-state index contributed by atoms with van der Waals surface area (Å²) >= 11 is 0. The molecule has 1 aromatic carbocycles. The molecule has 63 heavy (non-hydrogen) atoms. The van der Waals surface area contributed by atoms with Crippen LogP contribution in [-0.4, -0.2) is 81.2 Å². The molecule has 16 heteroatoms. The van der Waals surface area contributed by atoms with E-state index >= 15 is 4.79 Å². The SMILES string of the molecule is CNCC1CC2C=CC1C1c3c(cc4oc(C)cc(=O)c4c3O)OC3(C)CCSSCC4=C(N)NC(Cn5cc6cc[nH]c6c5)C=C4C4C=C(C=C(N)N4)CCC4OC24C(=O)OC13. The Hall–Kier alpha value is -5.16. The first-order chi connectivity index (χ1) is 30.4. The van der Waals surface area contributed by atoms with Crippen LogP contribution in [0.1, 0.15) is 49.8 Å². The molecule has 4 aromatic rings. The second-order valence-corrected chi connectivity index (χ2v) is 21.0. The largest absolute Gasteiger partial charge is 0.507 e. The maximum atomic E-state index is 15.1. The standard InChI is InChI=1S/C47H53N7O7S2/c1-23-12-34(55)40-35(58-23)17-36-41(42(40)56)39-29-6-5-27(15-26(29)18-50-3)47-37(61-47)7-4-24-13-32(53-38(48)14-24)30-16-28(20-54-19-25-8-10-51-33(25)21-54)52-44(49)31(30)22-63-62-11-9-46(2,60-36)43(39)59-45(47)57/h5-6,8,10,12-14,16-17,19,21,26-29,32,37,39,43,50-53,56H,4,7,9,11,15,18,20,22,48-49H2,1-3H3. The highest BCUT2D eigenvalue weighted by Crippen LogP contribution is 2.60. The number of phenols is 1. The lowest BCUT2D eigenvalue weighted by atomic mass is 9.64. The number of hydrogen-bond donors (Lipinski definition) is 7. The number of epoxide rings is 1. The Labute approximate surface area is 372 Å². The summed E-state index contributed by atoms with van der Waals surface area (Å²) in [6.07, 6.45) is 18.2. The van der Waals surface area contributed by atoms with Crippen LogP contribution < -0.4 is 37.6 Å². The van der Waals surface area contributed by atoms with Gasteiger partial charge in [0.05, 0.1) is 29.5 Å². The number of aromatic amines is 1. The van der Waals surface area contributed by atoms with Crippen molar-refractivity contribution in [1.82, 2.24) is 25.5 Å². The van der Waals surface area contributed by atoms with Gasteiger partial charge in [0.2, 0.25) is 0 Å². The zero-order valence-electron chi connectivity index (χ0n) is 35.4. The molecule has 10 heterocycles. The molecule has 9 N–H and O–H groups in total. The van der Waals surface area contributed by atoms with Crippen LogP contribution in [0.4, 0.5) is 0 Å². The van der Waals surface area contributed by atoms with Crippen molar-refractivity contribution in [2.75, 3.05) is 25.1 Å². The molecule has 2 fully saturated rings. The van der Waals surface area contributed by atoms with Crippen molar-refractivity contribution in [1.29, 1.82) is 0 Å². The van der Waals surface area contributed by atoms with Crippen LogP contribution in [0.15, 0.2) is 105 Å². The van der Waals surface area contributed by atoms with Gasteiger partial charge in [0, 0.05) is 83.6 Å². The fraction of sp³-hybridized carbons (Fsp3) is 0.447. The number of dihydropyridines is 2. The number of allylic oxidation sites excluding steroid dienone is 3. The van der Waals surface area contributed by atoms with Crippen molar-refractivity contribution in [3.8, 4) is 11.5 Å². The van der Waals surface area contributed by atoms with Gasteiger partial charge in [-0.3, -0.25) is 4.79 Å². The molecular formula is C47H53N7O7S2. The van der Waals surface area contributed by atoms with Crippen LogP contribution in [0.5, 0.6) is 11.5 Å². The van der Waals surface area contributed by atoms with E-state index in [1.54, 1.807) is 34.6 Å². The Morgan fingerprint density at radius 2 is 1.98 bits per heavy atom. The van der Waals surface area contributed by atoms with Gasteiger partial charge in [-0.15, -0.1) is 0 Å². The second kappa shape index (κ2) is 15.2. The topological polar surface area (TPSA) is 207 Å². The average Bonchev–Trinajstić information content (AvgIpc) is 3.58. The number of nitrogens with one attached hydrogen (secondary N) is 4. The van der Waals surface area contributed by atoms with Gasteiger partial charge in [-0.2, -0.15) is 0 Å². The maximum Gasteiger partial charge on any atom is 0.342 e. The molecule has 0 saturated carbocycles. The minimum Gasteiger partial charge on any atom is -0.507 e. The minimum absolute atomic E-state index is 0.0443. The highest BCUT2D eigenvalue weighted by Gasteiger charge is 2.70. The number of aromatic hydroxyl groups is 1. The number of ether oxygens (including phenoxy) is 3. The van der Waals surface area contributed by atoms with Gasteiger partial charge < -0.3 is 60.7 Å². The third kappa shape index (κ3) is 6.78. The number of aromatic nitrogens is 2. The van der Waals surface area contributed by atoms with Crippen molar-refractivity contribution in [2.45, 2.75) is 87.5 Å². The lowest BCUT2D eigenvalue weighted by Gasteiger charge is -2.49. The molecular weight excluding hydrogens is 839 g/mol. The van der Waals surface area contributed by atoms with Gasteiger partial charge in [0.25, 0.3) is 0 Å². The molecule has 7 aliphatic heterocycles. The van der Waals surface area contributed by atoms with Crippen molar-refractivity contribution in [3.63, 3.8) is 0 Å². The number of esters is 1. The summed E-state index contributed by atoms with van der Waals surface area (Å²) in [6, 6.07) is 4.90. The molecule has 8 aliphatic rings. The highest BCUT2D eigenvalue weighted by atomic mass is 33.1. The zero-order valence-corrected chi connectivity index (χ0v) is 37.1. The molecule has 1 aliphatic carbocycles. The average molecular weight is 892 g/mol. The van der Waals surface area contributed by atoms with Crippen LogP contribution >= 0.6 is 21.6 Å². The Balaban J connectivity index is 0.990. The molecule has 6 bridgehead atoms. The zero-order chi connectivity index (χ0) is 43.4. The lowest BCUT2D eigenvalue weighted by Crippen LogP contribution is -2.56. The molecule has 2 saturated heterocycles. The highest BCUT2D eigenvalue weighted by molar-refractivity contribution is 8.76. The van der Waals surface area contributed by atoms with Crippen molar-refractivity contribution < 1.29 is 28.5 Å². The molecule has 1 spiro atoms. The van der Waals surface area contributed by atoms with Crippen molar-refractivity contribution >= 4 is 49.4 Å². The smallest absolute Gasteiger partial charge is 0.342 e. The third-order valence-electron chi connectivity index (χ3n) is 14.4. The fourth-order valence-electron chi connectivity index (χ4n) is 11.4. The number of carbonyl (C=O) groups is 1. The van der Waals surface area contributed by atoms with Crippen molar-refractivity contribution in [3.05, 3.63) is 117 Å². The predicted molar refractivity (Wildman–Crippen MR) is 245 cm³/mol. The van der Waals surface area contributed by atoms with Gasteiger partial charge in [-0.25, -0.2) is 4.79 Å². The number of nitrogens with two attached hydrogens (primary N) is 2. The number of H-pyrrole nitrogens is 1. The van der Waals surface area contributed by atoms with E-state index in [2.05, 4.69) is 68.3 Å². The summed E-state index contributed by atoms with van der Waals surface area (Å²) in [7, 11) is 5.35. The molecule has 10 unspecified atom stereocenters. The number of carbonyl (C=O) groups excluding carboxylic acids is 1. The summed E-state index contributed by atoms with van der Waals surface area (Å²) in [5.74, 6) is 1.82.